The van der Waals surface area contributed by atoms with Crippen molar-refractivity contribution in [3.8, 4) is 33.4 Å². The predicted octanol–water partition coefficient (Wildman–Crippen LogP) is 15.1. The van der Waals surface area contributed by atoms with Crippen molar-refractivity contribution in [2.45, 2.75) is 0 Å². The molecule has 0 aliphatic rings. The molecule has 0 amide bonds. The van der Waals surface area contributed by atoms with Gasteiger partial charge in [0.1, 0.15) is 16.7 Å². The van der Waals surface area contributed by atoms with Gasteiger partial charge in [-0.1, -0.05) is 158 Å². The first-order valence-corrected chi connectivity index (χ1v) is 18.7. The molecule has 3 nitrogen and oxygen atoms in total. The van der Waals surface area contributed by atoms with Gasteiger partial charge in [0.05, 0.1) is 17.1 Å². The van der Waals surface area contributed by atoms with E-state index in [9.17, 15) is 0 Å². The van der Waals surface area contributed by atoms with Crippen molar-refractivity contribution < 1.29 is 8.83 Å². The summed E-state index contributed by atoms with van der Waals surface area (Å²) in [5.74, 6) is 0. The number of hydrogen-bond donors (Lipinski definition) is 0. The van der Waals surface area contributed by atoms with Gasteiger partial charge in [0.25, 0.3) is 0 Å². The second-order valence-corrected chi connectivity index (χ2v) is 14.0. The summed E-state index contributed by atoms with van der Waals surface area (Å²) in [5.41, 5.74) is 13.3. The van der Waals surface area contributed by atoms with Crippen molar-refractivity contribution >= 4 is 71.7 Å². The van der Waals surface area contributed by atoms with Gasteiger partial charge in [0.2, 0.25) is 0 Å². The van der Waals surface area contributed by atoms with E-state index < -0.39 is 0 Å². The van der Waals surface area contributed by atoms with E-state index in [2.05, 4.69) is 187 Å². The third kappa shape index (κ3) is 5.05. The standard InChI is InChI=1S/C52H33NO2/c1-2-15-34(16-3-1)38-23-12-17-35-18-13-24-43(51(35)38)39-20-5-9-27-46(39)53(47-28-14-25-44-41-22-7-11-30-49(41)55-52(44)47)45-26-8-4-19-37(45)36-31-32-42-40-21-6-10-29-48(40)54-50(42)33-36/h1-33H. The fourth-order valence-corrected chi connectivity index (χ4v) is 8.42. The Bertz CT molecular complexity index is 3220. The van der Waals surface area contributed by atoms with Crippen LogP contribution in [-0.2, 0) is 0 Å². The Kier molecular flexibility index (Phi) is 7.17. The minimum Gasteiger partial charge on any atom is -0.456 e. The molecule has 0 saturated carbocycles. The normalized spacial score (nSPS) is 11.6. The molecule has 0 fully saturated rings. The fraction of sp³-hybridized carbons (Fsp3) is 0. The van der Waals surface area contributed by atoms with Gasteiger partial charge in [-0.3, -0.25) is 0 Å². The third-order valence-electron chi connectivity index (χ3n) is 10.9. The number of benzene rings is 9. The summed E-state index contributed by atoms with van der Waals surface area (Å²) in [4.78, 5) is 2.39. The van der Waals surface area contributed by atoms with Crippen molar-refractivity contribution in [2.24, 2.45) is 0 Å². The summed E-state index contributed by atoms with van der Waals surface area (Å²) >= 11 is 0. The summed E-state index contributed by atoms with van der Waals surface area (Å²) in [7, 11) is 0. The summed E-state index contributed by atoms with van der Waals surface area (Å²) in [6, 6.07) is 71.0. The van der Waals surface area contributed by atoms with E-state index in [1.54, 1.807) is 0 Å². The lowest BCUT2D eigenvalue weighted by Crippen LogP contribution is -2.12. The lowest BCUT2D eigenvalue weighted by Gasteiger charge is -2.30. The van der Waals surface area contributed by atoms with Crippen LogP contribution in [0.4, 0.5) is 17.1 Å². The lowest BCUT2D eigenvalue weighted by atomic mass is 9.90. The molecule has 2 aromatic heterocycles. The van der Waals surface area contributed by atoms with E-state index >= 15 is 0 Å². The second-order valence-electron chi connectivity index (χ2n) is 14.0. The molecule has 9 aromatic carbocycles. The number of rotatable bonds is 6. The summed E-state index contributed by atoms with van der Waals surface area (Å²) in [6.45, 7) is 0. The van der Waals surface area contributed by atoms with Gasteiger partial charge in [0.15, 0.2) is 5.58 Å². The molecule has 11 aromatic rings. The number of anilines is 3. The molecule has 0 unspecified atom stereocenters. The Morgan fingerprint density at radius 2 is 0.855 bits per heavy atom. The summed E-state index contributed by atoms with van der Waals surface area (Å²) in [6.07, 6.45) is 0. The van der Waals surface area contributed by atoms with Crippen LogP contribution in [0.1, 0.15) is 0 Å². The molecule has 11 rings (SSSR count). The highest BCUT2D eigenvalue weighted by Gasteiger charge is 2.25. The molecule has 0 aliphatic carbocycles. The number of nitrogens with zero attached hydrogens (tertiary/aromatic N) is 1. The number of furan rings is 2. The first kappa shape index (κ1) is 31.2. The zero-order valence-corrected chi connectivity index (χ0v) is 29.8. The molecule has 0 saturated heterocycles. The smallest absolute Gasteiger partial charge is 0.159 e. The van der Waals surface area contributed by atoms with Crippen molar-refractivity contribution in [3.63, 3.8) is 0 Å². The van der Waals surface area contributed by atoms with Gasteiger partial charge in [-0.2, -0.15) is 0 Å². The molecular weight excluding hydrogens is 671 g/mol. The molecule has 0 bridgehead atoms. The molecule has 0 N–H and O–H groups in total. The fourth-order valence-electron chi connectivity index (χ4n) is 8.42. The largest absolute Gasteiger partial charge is 0.456 e. The molecule has 0 radical (unpaired) electrons. The summed E-state index contributed by atoms with van der Waals surface area (Å²) in [5, 5.41) is 6.81. The zero-order chi connectivity index (χ0) is 36.3. The number of fused-ring (bicyclic) bond motifs is 7. The highest BCUT2D eigenvalue weighted by molar-refractivity contribution is 6.13. The first-order valence-electron chi connectivity index (χ1n) is 18.7. The van der Waals surface area contributed by atoms with Crippen molar-refractivity contribution in [1.82, 2.24) is 0 Å². The van der Waals surface area contributed by atoms with Crippen molar-refractivity contribution in [1.29, 1.82) is 0 Å². The minimum atomic E-state index is 0.837. The van der Waals surface area contributed by atoms with Crippen LogP contribution >= 0.6 is 0 Å². The molecule has 0 atom stereocenters. The van der Waals surface area contributed by atoms with E-state index in [0.717, 1.165) is 83.2 Å². The molecule has 2 heterocycles. The molecule has 3 heteroatoms. The van der Waals surface area contributed by atoms with Gasteiger partial charge in [-0.05, 0) is 75.5 Å². The highest BCUT2D eigenvalue weighted by atomic mass is 16.3. The lowest BCUT2D eigenvalue weighted by molar-refractivity contribution is 0.668. The van der Waals surface area contributed by atoms with Crippen molar-refractivity contribution in [3.05, 3.63) is 200 Å². The molecule has 258 valence electrons. The second kappa shape index (κ2) is 12.6. The van der Waals surface area contributed by atoms with Crippen LogP contribution in [0, 0.1) is 0 Å². The van der Waals surface area contributed by atoms with Crippen LogP contribution in [0.3, 0.4) is 0 Å². The highest BCUT2D eigenvalue weighted by Crippen LogP contribution is 2.49. The van der Waals surface area contributed by atoms with Gasteiger partial charge >= 0.3 is 0 Å². The number of hydrogen-bond acceptors (Lipinski definition) is 3. The topological polar surface area (TPSA) is 29.5 Å². The monoisotopic (exact) mass is 703 g/mol. The van der Waals surface area contributed by atoms with E-state index in [1.165, 1.54) is 21.9 Å². The van der Waals surface area contributed by atoms with Crippen LogP contribution in [0.25, 0.3) is 88.0 Å². The molecule has 0 aliphatic heterocycles. The Morgan fingerprint density at radius 3 is 1.65 bits per heavy atom. The SMILES string of the molecule is c1ccc(-c2cccc3cccc(-c4ccccc4N(c4ccccc4-c4ccc5c(c4)oc4ccccc45)c4cccc5c4oc4ccccc45)c23)cc1. The van der Waals surface area contributed by atoms with Crippen LogP contribution in [0.5, 0.6) is 0 Å². The maximum absolute atomic E-state index is 6.78. The van der Waals surface area contributed by atoms with Gasteiger partial charge in [-0.15, -0.1) is 0 Å². The Hall–Kier alpha value is -7.36. The number of para-hydroxylation sites is 5. The molecule has 55 heavy (non-hydrogen) atoms. The van der Waals surface area contributed by atoms with Gasteiger partial charge in [-0.25, -0.2) is 0 Å². The Balaban J connectivity index is 1.20. The average molecular weight is 704 g/mol. The average Bonchev–Trinajstić information content (AvgIpc) is 3.83. The van der Waals surface area contributed by atoms with E-state index in [0.29, 0.717) is 0 Å². The molecular formula is C52H33NO2. The van der Waals surface area contributed by atoms with Crippen LogP contribution in [0.2, 0.25) is 0 Å². The van der Waals surface area contributed by atoms with Gasteiger partial charge < -0.3 is 13.7 Å². The van der Waals surface area contributed by atoms with Crippen LogP contribution in [0.15, 0.2) is 209 Å². The quantitative estimate of drug-likeness (QED) is 0.173. The minimum absolute atomic E-state index is 0.837. The zero-order valence-electron chi connectivity index (χ0n) is 29.8. The van der Waals surface area contributed by atoms with E-state index in [1.807, 2.05) is 18.2 Å². The van der Waals surface area contributed by atoms with Crippen molar-refractivity contribution in [2.75, 3.05) is 4.90 Å². The van der Waals surface area contributed by atoms with E-state index in [4.69, 9.17) is 8.83 Å². The van der Waals surface area contributed by atoms with E-state index in [-0.39, 0.29) is 0 Å². The van der Waals surface area contributed by atoms with Crippen LogP contribution in [-0.4, -0.2) is 0 Å². The third-order valence-corrected chi connectivity index (χ3v) is 10.9. The molecule has 0 spiro atoms. The maximum Gasteiger partial charge on any atom is 0.159 e. The Labute approximate surface area is 317 Å². The summed E-state index contributed by atoms with van der Waals surface area (Å²) < 4.78 is 13.2. The van der Waals surface area contributed by atoms with Gasteiger partial charge in [0, 0.05) is 32.7 Å². The van der Waals surface area contributed by atoms with Crippen LogP contribution < -0.4 is 4.90 Å². The Morgan fingerprint density at radius 1 is 0.309 bits per heavy atom. The predicted molar refractivity (Wildman–Crippen MR) is 229 cm³/mol. The maximum atomic E-state index is 6.78. The first-order chi connectivity index (χ1) is 27.3.